The van der Waals surface area contributed by atoms with E-state index in [-0.39, 0.29) is 0 Å². The molecule has 2 fully saturated rings. The van der Waals surface area contributed by atoms with Gasteiger partial charge in [-0.15, -0.1) is 5.10 Å². The lowest BCUT2D eigenvalue weighted by Gasteiger charge is -2.27. The molecule has 0 radical (unpaired) electrons. The molecule has 1 saturated carbocycles. The van der Waals surface area contributed by atoms with Crippen LogP contribution < -0.4 is 0 Å². The van der Waals surface area contributed by atoms with Gasteiger partial charge < -0.3 is 10.2 Å². The predicted molar refractivity (Wildman–Crippen MR) is 107 cm³/mol. The van der Waals surface area contributed by atoms with Crippen molar-refractivity contribution in [3.05, 3.63) is 59.7 Å². The third-order valence-electron chi connectivity index (χ3n) is 6.48. The summed E-state index contributed by atoms with van der Waals surface area (Å²) in [4.78, 5) is 2.34. The number of aromatic nitrogens is 3. The maximum absolute atomic E-state index is 11.1. The maximum atomic E-state index is 11.1. The Labute approximate surface area is 164 Å². The number of fused-ring (bicyclic) bond motifs is 2. The second kappa shape index (κ2) is 6.95. The fourth-order valence-corrected chi connectivity index (χ4v) is 5.24. The number of aromatic amines is 1. The summed E-state index contributed by atoms with van der Waals surface area (Å²) < 4.78 is 0. The zero-order valence-corrected chi connectivity index (χ0v) is 15.8. The van der Waals surface area contributed by atoms with Crippen molar-refractivity contribution in [2.75, 3.05) is 19.6 Å². The number of H-pyrrole nitrogens is 1. The lowest BCUT2D eigenvalue weighted by atomic mass is 9.91. The van der Waals surface area contributed by atoms with Crippen molar-refractivity contribution in [1.29, 1.82) is 0 Å². The first-order valence-electron chi connectivity index (χ1n) is 10.1. The van der Waals surface area contributed by atoms with Crippen LogP contribution in [0.25, 0.3) is 11.0 Å². The molecular weight excluding hydrogens is 352 g/mol. The third kappa shape index (κ3) is 3.43. The third-order valence-corrected chi connectivity index (χ3v) is 6.48. The van der Waals surface area contributed by atoms with E-state index in [0.29, 0.717) is 18.4 Å². The molecule has 146 valence electrons. The first kappa shape index (κ1) is 17.8. The van der Waals surface area contributed by atoms with Gasteiger partial charge in [0.15, 0.2) is 0 Å². The van der Waals surface area contributed by atoms with E-state index in [1.54, 1.807) is 0 Å². The molecule has 1 aliphatic heterocycles. The minimum Gasteiger partial charge on any atom is -0.390 e. The number of nitrogens with one attached hydrogen (secondary N) is 1. The Kier molecular flexibility index (Phi) is 4.42. The summed E-state index contributed by atoms with van der Waals surface area (Å²) in [7, 11) is 0. The molecule has 1 aliphatic carbocycles. The summed E-state index contributed by atoms with van der Waals surface area (Å²) in [5.41, 5.74) is 3.16. The van der Waals surface area contributed by atoms with Crippen molar-refractivity contribution < 1.29 is 10.2 Å². The first-order chi connectivity index (χ1) is 13.6. The van der Waals surface area contributed by atoms with E-state index >= 15 is 0 Å². The van der Waals surface area contributed by atoms with Crippen molar-refractivity contribution in [3.8, 4) is 0 Å². The van der Waals surface area contributed by atoms with E-state index in [2.05, 4.69) is 32.4 Å². The molecule has 0 bridgehead atoms. The molecular formula is C22H26N4O2. The van der Waals surface area contributed by atoms with Crippen LogP contribution in [-0.2, 0) is 6.42 Å². The minimum atomic E-state index is -0.584. The molecule has 3 N–H and O–H groups in total. The molecule has 28 heavy (non-hydrogen) atoms. The molecule has 6 nitrogen and oxygen atoms in total. The summed E-state index contributed by atoms with van der Waals surface area (Å²) >= 11 is 0. The van der Waals surface area contributed by atoms with Gasteiger partial charge in [-0.3, -0.25) is 10.00 Å². The molecule has 2 heterocycles. The predicted octanol–water partition coefficient (Wildman–Crippen LogP) is 2.31. The van der Waals surface area contributed by atoms with Gasteiger partial charge in [-0.2, -0.15) is 0 Å². The summed E-state index contributed by atoms with van der Waals surface area (Å²) in [6.07, 6.45) is 1.90. The van der Waals surface area contributed by atoms with Gasteiger partial charge in [0, 0.05) is 26.1 Å². The number of hydrogen-bond acceptors (Lipinski definition) is 5. The topological polar surface area (TPSA) is 85.3 Å². The Morgan fingerprint density at radius 1 is 1.11 bits per heavy atom. The molecule has 3 aromatic rings. The van der Waals surface area contributed by atoms with Crippen LogP contribution in [0.5, 0.6) is 0 Å². The fraction of sp³-hybridized carbons (Fsp3) is 0.455. The normalized spacial score (nSPS) is 28.6. The Morgan fingerprint density at radius 3 is 2.61 bits per heavy atom. The van der Waals surface area contributed by atoms with Crippen molar-refractivity contribution in [2.45, 2.75) is 31.0 Å². The van der Waals surface area contributed by atoms with Gasteiger partial charge in [-0.05, 0) is 47.9 Å². The van der Waals surface area contributed by atoms with Crippen LogP contribution in [0, 0.1) is 11.8 Å². The monoisotopic (exact) mass is 378 g/mol. The van der Waals surface area contributed by atoms with Crippen LogP contribution in [-0.4, -0.2) is 55.8 Å². The highest BCUT2D eigenvalue weighted by Gasteiger charge is 2.48. The molecule has 1 aromatic heterocycles. The standard InChI is InChI=1S/C22H26N4O2/c27-21(16-6-7-19-20(8-16)24-25-23-19)14-26-12-17-10-22(28,11-18(17)13-26)9-15-4-2-1-3-5-15/h1-8,17-18,21,27-28H,9-14H2,(H,23,24,25). The molecule has 3 unspecified atom stereocenters. The van der Waals surface area contributed by atoms with Gasteiger partial charge in [-0.25, -0.2) is 0 Å². The first-order valence-corrected chi connectivity index (χ1v) is 10.1. The SMILES string of the molecule is OC(CN1CC2CC(O)(Cc3ccccc3)CC2C1)c1ccc2[nH]nnc2c1. The van der Waals surface area contributed by atoms with E-state index < -0.39 is 11.7 Å². The van der Waals surface area contributed by atoms with Crippen LogP contribution in [0.4, 0.5) is 0 Å². The highest BCUT2D eigenvalue weighted by Crippen LogP contribution is 2.45. The molecule has 0 spiro atoms. The Hall–Kier alpha value is -2.28. The van der Waals surface area contributed by atoms with Gasteiger partial charge >= 0.3 is 0 Å². The number of rotatable bonds is 5. The highest BCUT2D eigenvalue weighted by atomic mass is 16.3. The van der Waals surface area contributed by atoms with Gasteiger partial charge in [0.05, 0.1) is 17.2 Å². The maximum Gasteiger partial charge on any atom is 0.113 e. The van der Waals surface area contributed by atoms with Crippen molar-refractivity contribution in [1.82, 2.24) is 20.3 Å². The van der Waals surface area contributed by atoms with E-state index in [9.17, 15) is 10.2 Å². The fourth-order valence-electron chi connectivity index (χ4n) is 5.24. The Morgan fingerprint density at radius 2 is 1.86 bits per heavy atom. The highest BCUT2D eigenvalue weighted by molar-refractivity contribution is 5.74. The molecule has 0 amide bonds. The smallest absolute Gasteiger partial charge is 0.113 e. The second-order valence-corrected chi connectivity index (χ2v) is 8.64. The summed E-state index contributed by atoms with van der Waals surface area (Å²) in [5, 5.41) is 32.4. The van der Waals surface area contributed by atoms with Crippen LogP contribution in [0.15, 0.2) is 48.5 Å². The number of benzene rings is 2. The number of aliphatic hydroxyl groups is 2. The minimum absolute atomic E-state index is 0.513. The van der Waals surface area contributed by atoms with Gasteiger partial charge in [0.1, 0.15) is 5.52 Å². The number of β-amino-alcohol motifs (C(OH)–C–C–N with tert-alkyl or cyclic N) is 1. The lowest BCUT2D eigenvalue weighted by Crippen LogP contribution is -2.33. The Balaban J connectivity index is 1.19. The van der Waals surface area contributed by atoms with Gasteiger partial charge in [0.25, 0.3) is 0 Å². The van der Waals surface area contributed by atoms with Crippen molar-refractivity contribution in [2.24, 2.45) is 11.8 Å². The van der Waals surface area contributed by atoms with Crippen LogP contribution >= 0.6 is 0 Å². The van der Waals surface area contributed by atoms with Crippen LogP contribution in [0.2, 0.25) is 0 Å². The van der Waals surface area contributed by atoms with E-state index in [1.165, 1.54) is 5.56 Å². The van der Waals surface area contributed by atoms with E-state index in [1.807, 2.05) is 36.4 Å². The number of hydrogen-bond donors (Lipinski definition) is 3. The molecule has 6 heteroatoms. The quantitative estimate of drug-likeness (QED) is 0.634. The molecule has 5 rings (SSSR count). The molecule has 3 atom stereocenters. The molecule has 2 aliphatic rings. The van der Waals surface area contributed by atoms with Gasteiger partial charge in [0.2, 0.25) is 0 Å². The molecule has 1 saturated heterocycles. The van der Waals surface area contributed by atoms with E-state index in [4.69, 9.17) is 0 Å². The Bertz CT molecular complexity index is 943. The van der Waals surface area contributed by atoms with Gasteiger partial charge in [-0.1, -0.05) is 41.6 Å². The zero-order chi connectivity index (χ0) is 19.1. The lowest BCUT2D eigenvalue weighted by molar-refractivity contribution is 0.0328. The summed E-state index contributed by atoms with van der Waals surface area (Å²) in [6.45, 7) is 2.52. The zero-order valence-electron chi connectivity index (χ0n) is 15.8. The number of nitrogens with zero attached hydrogens (tertiary/aromatic N) is 3. The summed E-state index contributed by atoms with van der Waals surface area (Å²) in [6, 6.07) is 16.0. The second-order valence-electron chi connectivity index (χ2n) is 8.64. The molecule has 2 aromatic carbocycles. The number of likely N-dealkylation sites (tertiary alicyclic amines) is 1. The van der Waals surface area contributed by atoms with Crippen LogP contribution in [0.3, 0.4) is 0 Å². The average Bonchev–Trinajstić information content (AvgIpc) is 3.35. The largest absolute Gasteiger partial charge is 0.390 e. The van der Waals surface area contributed by atoms with Crippen molar-refractivity contribution in [3.63, 3.8) is 0 Å². The number of aliphatic hydroxyl groups excluding tert-OH is 1. The van der Waals surface area contributed by atoms with E-state index in [0.717, 1.165) is 48.9 Å². The summed E-state index contributed by atoms with van der Waals surface area (Å²) in [5.74, 6) is 1.03. The van der Waals surface area contributed by atoms with Crippen LogP contribution in [0.1, 0.15) is 30.1 Å². The van der Waals surface area contributed by atoms with Crippen molar-refractivity contribution >= 4 is 11.0 Å². The average molecular weight is 378 g/mol.